The fourth-order valence-electron chi connectivity index (χ4n) is 3.63. The summed E-state index contributed by atoms with van der Waals surface area (Å²) in [4.78, 5) is 36.9. The van der Waals surface area contributed by atoms with E-state index in [1.165, 1.54) is 18.2 Å². The number of benzene rings is 1. The molecule has 0 saturated carbocycles. The van der Waals surface area contributed by atoms with Crippen LogP contribution < -0.4 is 10.6 Å². The highest BCUT2D eigenvalue weighted by Gasteiger charge is 2.27. The number of carbonyl (C=O) groups is 2. The van der Waals surface area contributed by atoms with Gasteiger partial charge >= 0.3 is 0 Å². The Morgan fingerprint density at radius 2 is 2.15 bits per heavy atom. The van der Waals surface area contributed by atoms with E-state index in [0.717, 1.165) is 32.2 Å². The van der Waals surface area contributed by atoms with Crippen molar-refractivity contribution in [1.82, 2.24) is 15.5 Å². The number of nitro groups is 1. The molecule has 2 N–H and O–H groups in total. The molecule has 0 aromatic heterocycles. The predicted octanol–water partition coefficient (Wildman–Crippen LogP) is 1.32. The molecule has 2 atom stereocenters. The third-order valence-electron chi connectivity index (χ3n) is 5.05. The van der Waals surface area contributed by atoms with Gasteiger partial charge in [-0.2, -0.15) is 0 Å². The summed E-state index contributed by atoms with van der Waals surface area (Å²) < 4.78 is 0. The van der Waals surface area contributed by atoms with Crippen molar-refractivity contribution in [3.63, 3.8) is 0 Å². The molecule has 8 nitrogen and oxygen atoms in total. The number of nitrogens with zero attached hydrogens (tertiary/aromatic N) is 2. The fourth-order valence-corrected chi connectivity index (χ4v) is 3.63. The number of carbonyl (C=O) groups excluding carboxylic acids is 2. The second-order valence-corrected chi connectivity index (χ2v) is 6.96. The first-order chi connectivity index (χ1) is 12.5. The molecule has 2 saturated heterocycles. The van der Waals surface area contributed by atoms with Gasteiger partial charge in [-0.05, 0) is 44.2 Å². The first-order valence-electron chi connectivity index (χ1n) is 9.09. The highest BCUT2D eigenvalue weighted by Crippen LogP contribution is 2.20. The minimum Gasteiger partial charge on any atom is -0.354 e. The zero-order valence-electron chi connectivity index (χ0n) is 14.6. The SMILES string of the molecule is O=C(NCC1CCCN(C(=O)c2cccc([N+](=O)[O-])c2)C1)C1CCCN1. The molecule has 1 aromatic rings. The molecule has 8 heteroatoms. The van der Waals surface area contributed by atoms with Crippen LogP contribution in [0.25, 0.3) is 0 Å². The van der Waals surface area contributed by atoms with E-state index in [0.29, 0.717) is 25.2 Å². The van der Waals surface area contributed by atoms with Gasteiger partial charge in [-0.15, -0.1) is 0 Å². The zero-order chi connectivity index (χ0) is 18.5. The topological polar surface area (TPSA) is 105 Å². The van der Waals surface area contributed by atoms with Crippen LogP contribution in [0, 0.1) is 16.0 Å². The largest absolute Gasteiger partial charge is 0.354 e. The maximum Gasteiger partial charge on any atom is 0.270 e. The van der Waals surface area contributed by atoms with Crippen LogP contribution in [0.2, 0.25) is 0 Å². The first-order valence-corrected chi connectivity index (χ1v) is 9.09. The number of non-ortho nitro benzene ring substituents is 1. The summed E-state index contributed by atoms with van der Waals surface area (Å²) >= 11 is 0. The molecule has 0 aliphatic carbocycles. The Morgan fingerprint density at radius 3 is 2.88 bits per heavy atom. The Morgan fingerprint density at radius 1 is 1.31 bits per heavy atom. The van der Waals surface area contributed by atoms with Crippen LogP contribution in [0.15, 0.2) is 24.3 Å². The summed E-state index contributed by atoms with van der Waals surface area (Å²) in [5.74, 6) is 0.0450. The summed E-state index contributed by atoms with van der Waals surface area (Å²) in [6.07, 6.45) is 3.71. The molecular formula is C18H24N4O4. The Bertz CT molecular complexity index is 688. The van der Waals surface area contributed by atoms with Crippen LogP contribution in [0.3, 0.4) is 0 Å². The lowest BCUT2D eigenvalue weighted by molar-refractivity contribution is -0.384. The standard InChI is InChI=1S/C18H24N4O4/c23-17(16-7-2-8-19-16)20-11-13-4-3-9-21(12-13)18(24)14-5-1-6-15(10-14)22(25)26/h1,5-6,10,13,16,19H,2-4,7-9,11-12H2,(H,20,23). The third kappa shape index (κ3) is 4.37. The maximum atomic E-state index is 12.7. The summed E-state index contributed by atoms with van der Waals surface area (Å²) in [7, 11) is 0. The highest BCUT2D eigenvalue weighted by molar-refractivity contribution is 5.94. The lowest BCUT2D eigenvalue weighted by atomic mass is 9.97. The van der Waals surface area contributed by atoms with E-state index in [4.69, 9.17) is 0 Å². The van der Waals surface area contributed by atoms with Crippen molar-refractivity contribution in [2.45, 2.75) is 31.7 Å². The summed E-state index contributed by atoms with van der Waals surface area (Å²) in [5.41, 5.74) is 0.250. The van der Waals surface area contributed by atoms with Crippen molar-refractivity contribution in [3.8, 4) is 0 Å². The van der Waals surface area contributed by atoms with E-state index >= 15 is 0 Å². The Balaban J connectivity index is 1.55. The first kappa shape index (κ1) is 18.3. The summed E-state index contributed by atoms with van der Waals surface area (Å²) in [6.45, 7) is 2.62. The lowest BCUT2D eigenvalue weighted by Gasteiger charge is -2.33. The van der Waals surface area contributed by atoms with Gasteiger partial charge in [0, 0.05) is 37.3 Å². The van der Waals surface area contributed by atoms with Crippen LogP contribution in [0.1, 0.15) is 36.0 Å². The monoisotopic (exact) mass is 360 g/mol. The number of nitro benzene ring substituents is 1. The predicted molar refractivity (Wildman–Crippen MR) is 95.8 cm³/mol. The minimum atomic E-state index is -0.498. The number of piperidine rings is 1. The van der Waals surface area contributed by atoms with Crippen LogP contribution in [-0.4, -0.2) is 53.9 Å². The number of likely N-dealkylation sites (tertiary alicyclic amines) is 1. The minimum absolute atomic E-state index is 0.0321. The van der Waals surface area contributed by atoms with Gasteiger partial charge in [0.05, 0.1) is 11.0 Å². The molecule has 26 heavy (non-hydrogen) atoms. The van der Waals surface area contributed by atoms with Crippen LogP contribution in [-0.2, 0) is 4.79 Å². The summed E-state index contributed by atoms with van der Waals surface area (Å²) in [5, 5.41) is 17.1. The fraction of sp³-hybridized carbons (Fsp3) is 0.556. The Kier molecular flexibility index (Phi) is 5.82. The molecular weight excluding hydrogens is 336 g/mol. The molecule has 2 unspecified atom stereocenters. The van der Waals surface area contributed by atoms with Crippen LogP contribution in [0.4, 0.5) is 5.69 Å². The highest BCUT2D eigenvalue weighted by atomic mass is 16.6. The number of amides is 2. The van der Waals surface area contributed by atoms with Crippen molar-refractivity contribution in [2.24, 2.45) is 5.92 Å². The van der Waals surface area contributed by atoms with Crippen LogP contribution in [0.5, 0.6) is 0 Å². The normalized spacial score (nSPS) is 22.8. The molecule has 3 rings (SSSR count). The molecule has 2 aliphatic rings. The van der Waals surface area contributed by atoms with Crippen molar-refractivity contribution in [2.75, 3.05) is 26.2 Å². The average molecular weight is 360 g/mol. The molecule has 0 bridgehead atoms. The molecule has 0 radical (unpaired) electrons. The van der Waals surface area contributed by atoms with Crippen LogP contribution >= 0.6 is 0 Å². The maximum absolute atomic E-state index is 12.7. The van der Waals surface area contributed by atoms with Crippen molar-refractivity contribution >= 4 is 17.5 Å². The van der Waals surface area contributed by atoms with Gasteiger partial charge in [0.15, 0.2) is 0 Å². The molecule has 2 amide bonds. The van der Waals surface area contributed by atoms with E-state index in [-0.39, 0.29) is 29.5 Å². The van der Waals surface area contributed by atoms with Gasteiger partial charge in [0.25, 0.3) is 11.6 Å². The van der Waals surface area contributed by atoms with E-state index < -0.39 is 4.92 Å². The zero-order valence-corrected chi connectivity index (χ0v) is 14.6. The molecule has 2 aliphatic heterocycles. The van der Waals surface area contributed by atoms with E-state index in [9.17, 15) is 19.7 Å². The number of hydrogen-bond donors (Lipinski definition) is 2. The molecule has 2 heterocycles. The smallest absolute Gasteiger partial charge is 0.270 e. The lowest BCUT2D eigenvalue weighted by Crippen LogP contribution is -2.46. The number of rotatable bonds is 5. The van der Waals surface area contributed by atoms with Gasteiger partial charge in [0.1, 0.15) is 0 Å². The van der Waals surface area contributed by atoms with Gasteiger partial charge in [0.2, 0.25) is 5.91 Å². The van der Waals surface area contributed by atoms with E-state index in [2.05, 4.69) is 10.6 Å². The molecule has 2 fully saturated rings. The third-order valence-corrected chi connectivity index (χ3v) is 5.05. The molecule has 0 spiro atoms. The second-order valence-electron chi connectivity index (χ2n) is 6.96. The van der Waals surface area contributed by atoms with Crippen molar-refractivity contribution in [1.29, 1.82) is 0 Å². The van der Waals surface area contributed by atoms with Gasteiger partial charge < -0.3 is 15.5 Å². The van der Waals surface area contributed by atoms with Gasteiger partial charge in [-0.25, -0.2) is 0 Å². The van der Waals surface area contributed by atoms with Gasteiger partial charge in [-0.1, -0.05) is 6.07 Å². The Hall–Kier alpha value is -2.48. The summed E-state index contributed by atoms with van der Waals surface area (Å²) in [6, 6.07) is 5.73. The molecule has 140 valence electrons. The Labute approximate surface area is 152 Å². The average Bonchev–Trinajstić information content (AvgIpc) is 3.20. The number of nitrogens with one attached hydrogen (secondary N) is 2. The van der Waals surface area contributed by atoms with Gasteiger partial charge in [-0.3, -0.25) is 19.7 Å². The van der Waals surface area contributed by atoms with E-state index in [1.807, 2.05) is 0 Å². The quantitative estimate of drug-likeness (QED) is 0.609. The van der Waals surface area contributed by atoms with Crippen molar-refractivity contribution < 1.29 is 14.5 Å². The van der Waals surface area contributed by atoms with Crippen molar-refractivity contribution in [3.05, 3.63) is 39.9 Å². The van der Waals surface area contributed by atoms with E-state index in [1.54, 1.807) is 11.0 Å². The number of hydrogen-bond acceptors (Lipinski definition) is 5. The second kappa shape index (κ2) is 8.27. The molecule has 1 aromatic carbocycles.